The van der Waals surface area contributed by atoms with Crippen LogP contribution in [0.4, 0.5) is 11.4 Å². The Morgan fingerprint density at radius 1 is 1.08 bits per heavy atom. The SMILES string of the molecule is CC(=O)Nc1cccc(NC(=O)Cc2c[nH]c3cc(Cl)ccc23)c1. The molecule has 24 heavy (non-hydrogen) atoms. The molecule has 2 amide bonds. The third-order valence-corrected chi connectivity index (χ3v) is 3.78. The smallest absolute Gasteiger partial charge is 0.228 e. The Kier molecular flexibility index (Phi) is 4.53. The van der Waals surface area contributed by atoms with Crippen molar-refractivity contribution >= 4 is 45.7 Å². The molecule has 1 heterocycles. The van der Waals surface area contributed by atoms with Gasteiger partial charge in [-0.25, -0.2) is 0 Å². The lowest BCUT2D eigenvalue weighted by atomic mass is 10.1. The Morgan fingerprint density at radius 2 is 1.83 bits per heavy atom. The summed E-state index contributed by atoms with van der Waals surface area (Å²) in [6, 6.07) is 12.6. The standard InChI is InChI=1S/C18H16ClN3O2/c1-11(23)21-14-3-2-4-15(9-14)22-18(24)7-12-10-20-17-8-13(19)5-6-16(12)17/h2-6,8-10,20H,7H2,1H3,(H,21,23)(H,22,24). The van der Waals surface area contributed by atoms with Gasteiger partial charge in [0.2, 0.25) is 11.8 Å². The summed E-state index contributed by atoms with van der Waals surface area (Å²) in [6.45, 7) is 1.44. The summed E-state index contributed by atoms with van der Waals surface area (Å²) in [5.74, 6) is -0.290. The van der Waals surface area contributed by atoms with E-state index in [-0.39, 0.29) is 18.2 Å². The molecule has 3 aromatic rings. The summed E-state index contributed by atoms with van der Waals surface area (Å²) in [6.07, 6.45) is 2.06. The van der Waals surface area contributed by atoms with E-state index in [2.05, 4.69) is 15.6 Å². The van der Waals surface area contributed by atoms with Crippen molar-refractivity contribution in [2.75, 3.05) is 10.6 Å². The van der Waals surface area contributed by atoms with E-state index in [1.807, 2.05) is 18.3 Å². The molecule has 5 nitrogen and oxygen atoms in total. The molecular weight excluding hydrogens is 326 g/mol. The number of carbonyl (C=O) groups is 2. The van der Waals surface area contributed by atoms with E-state index in [4.69, 9.17) is 11.6 Å². The normalized spacial score (nSPS) is 10.6. The minimum Gasteiger partial charge on any atom is -0.361 e. The lowest BCUT2D eigenvalue weighted by Crippen LogP contribution is -2.14. The van der Waals surface area contributed by atoms with Gasteiger partial charge in [0.25, 0.3) is 0 Å². The average Bonchev–Trinajstić information content (AvgIpc) is 2.88. The molecule has 2 aromatic carbocycles. The van der Waals surface area contributed by atoms with E-state index in [9.17, 15) is 9.59 Å². The first-order valence-electron chi connectivity index (χ1n) is 7.44. The number of rotatable bonds is 4. The van der Waals surface area contributed by atoms with Gasteiger partial charge in [-0.05, 0) is 35.9 Å². The van der Waals surface area contributed by atoms with Crippen LogP contribution in [0.1, 0.15) is 12.5 Å². The quantitative estimate of drug-likeness (QED) is 0.672. The van der Waals surface area contributed by atoms with Gasteiger partial charge in [-0.2, -0.15) is 0 Å². The van der Waals surface area contributed by atoms with Gasteiger partial charge in [0, 0.05) is 40.4 Å². The van der Waals surface area contributed by atoms with E-state index < -0.39 is 0 Å². The van der Waals surface area contributed by atoms with E-state index in [1.54, 1.807) is 30.3 Å². The molecule has 0 spiro atoms. The maximum absolute atomic E-state index is 12.3. The molecule has 0 aliphatic rings. The largest absolute Gasteiger partial charge is 0.361 e. The fourth-order valence-electron chi connectivity index (χ4n) is 2.56. The highest BCUT2D eigenvalue weighted by atomic mass is 35.5. The van der Waals surface area contributed by atoms with Crippen molar-refractivity contribution in [3.63, 3.8) is 0 Å². The van der Waals surface area contributed by atoms with Crippen LogP contribution in [0, 0.1) is 0 Å². The van der Waals surface area contributed by atoms with Crippen LogP contribution in [0.15, 0.2) is 48.7 Å². The zero-order valence-corrected chi connectivity index (χ0v) is 13.8. The van der Waals surface area contributed by atoms with Crippen LogP contribution in [0.5, 0.6) is 0 Å². The number of nitrogens with one attached hydrogen (secondary N) is 3. The zero-order chi connectivity index (χ0) is 17.1. The molecule has 6 heteroatoms. The molecule has 3 rings (SSSR count). The fourth-order valence-corrected chi connectivity index (χ4v) is 2.73. The van der Waals surface area contributed by atoms with Crippen molar-refractivity contribution in [2.45, 2.75) is 13.3 Å². The van der Waals surface area contributed by atoms with E-state index in [1.165, 1.54) is 6.92 Å². The Labute approximate surface area is 144 Å². The van der Waals surface area contributed by atoms with E-state index >= 15 is 0 Å². The Bertz CT molecular complexity index is 918. The molecule has 0 radical (unpaired) electrons. The highest BCUT2D eigenvalue weighted by molar-refractivity contribution is 6.31. The summed E-state index contributed by atoms with van der Waals surface area (Å²) < 4.78 is 0. The van der Waals surface area contributed by atoms with E-state index in [0.29, 0.717) is 16.4 Å². The second-order valence-corrected chi connectivity index (χ2v) is 5.93. The fraction of sp³-hybridized carbons (Fsp3) is 0.111. The van der Waals surface area contributed by atoms with Crippen LogP contribution in [-0.4, -0.2) is 16.8 Å². The maximum Gasteiger partial charge on any atom is 0.228 e. The Morgan fingerprint density at radius 3 is 2.58 bits per heavy atom. The Hall–Kier alpha value is -2.79. The monoisotopic (exact) mass is 341 g/mol. The molecule has 0 saturated carbocycles. The lowest BCUT2D eigenvalue weighted by molar-refractivity contribution is -0.115. The third kappa shape index (κ3) is 3.75. The number of fused-ring (bicyclic) bond motifs is 1. The van der Waals surface area contributed by atoms with Crippen LogP contribution in [-0.2, 0) is 16.0 Å². The second-order valence-electron chi connectivity index (χ2n) is 5.49. The average molecular weight is 342 g/mol. The number of anilines is 2. The summed E-state index contributed by atoms with van der Waals surface area (Å²) in [5, 5.41) is 7.15. The zero-order valence-electron chi connectivity index (χ0n) is 13.0. The molecule has 0 atom stereocenters. The number of carbonyl (C=O) groups excluding carboxylic acids is 2. The van der Waals surface area contributed by atoms with Gasteiger partial charge in [-0.15, -0.1) is 0 Å². The Balaban J connectivity index is 1.72. The predicted molar refractivity (Wildman–Crippen MR) is 96.4 cm³/mol. The number of benzene rings is 2. The lowest BCUT2D eigenvalue weighted by Gasteiger charge is -2.07. The molecule has 0 aliphatic heterocycles. The van der Waals surface area contributed by atoms with Gasteiger partial charge in [0.1, 0.15) is 0 Å². The van der Waals surface area contributed by atoms with Crippen LogP contribution in [0.25, 0.3) is 10.9 Å². The molecule has 0 unspecified atom stereocenters. The molecule has 0 saturated heterocycles. The van der Waals surface area contributed by atoms with Gasteiger partial charge >= 0.3 is 0 Å². The molecule has 1 aromatic heterocycles. The van der Waals surface area contributed by atoms with Crippen molar-refractivity contribution in [2.24, 2.45) is 0 Å². The minimum atomic E-state index is -0.157. The number of hydrogen-bond donors (Lipinski definition) is 3. The summed E-state index contributed by atoms with van der Waals surface area (Å²) in [5.41, 5.74) is 3.08. The molecule has 122 valence electrons. The number of hydrogen-bond acceptors (Lipinski definition) is 2. The topological polar surface area (TPSA) is 74.0 Å². The van der Waals surface area contributed by atoms with Crippen molar-refractivity contribution in [3.05, 3.63) is 59.2 Å². The van der Waals surface area contributed by atoms with Crippen LogP contribution < -0.4 is 10.6 Å². The van der Waals surface area contributed by atoms with Crippen molar-refractivity contribution in [3.8, 4) is 0 Å². The summed E-state index contributed by atoms with van der Waals surface area (Å²) in [7, 11) is 0. The number of amides is 2. The van der Waals surface area contributed by atoms with Crippen molar-refractivity contribution < 1.29 is 9.59 Å². The van der Waals surface area contributed by atoms with Crippen molar-refractivity contribution in [1.29, 1.82) is 0 Å². The third-order valence-electron chi connectivity index (χ3n) is 3.55. The first-order valence-corrected chi connectivity index (χ1v) is 7.82. The van der Waals surface area contributed by atoms with Gasteiger partial charge in [0.05, 0.1) is 6.42 Å². The maximum atomic E-state index is 12.3. The van der Waals surface area contributed by atoms with Gasteiger partial charge < -0.3 is 15.6 Å². The highest BCUT2D eigenvalue weighted by Crippen LogP contribution is 2.23. The van der Waals surface area contributed by atoms with Crippen LogP contribution >= 0.6 is 11.6 Å². The van der Waals surface area contributed by atoms with Gasteiger partial charge in [-0.1, -0.05) is 23.7 Å². The molecule has 3 N–H and O–H groups in total. The van der Waals surface area contributed by atoms with Crippen LogP contribution in [0.3, 0.4) is 0 Å². The van der Waals surface area contributed by atoms with E-state index in [0.717, 1.165) is 16.5 Å². The number of H-pyrrole nitrogens is 1. The number of aromatic amines is 1. The number of aromatic nitrogens is 1. The van der Waals surface area contributed by atoms with Gasteiger partial charge in [-0.3, -0.25) is 9.59 Å². The molecule has 0 bridgehead atoms. The first-order chi connectivity index (χ1) is 11.5. The predicted octanol–water partition coefficient (Wildman–Crippen LogP) is 3.96. The molecular formula is C18H16ClN3O2. The number of halogens is 1. The van der Waals surface area contributed by atoms with Gasteiger partial charge in [0.15, 0.2) is 0 Å². The minimum absolute atomic E-state index is 0.133. The molecule has 0 aliphatic carbocycles. The highest BCUT2D eigenvalue weighted by Gasteiger charge is 2.10. The summed E-state index contributed by atoms with van der Waals surface area (Å²) >= 11 is 5.96. The summed E-state index contributed by atoms with van der Waals surface area (Å²) in [4.78, 5) is 26.5. The molecule has 0 fully saturated rings. The first kappa shape index (κ1) is 16.1. The van der Waals surface area contributed by atoms with Crippen LogP contribution in [0.2, 0.25) is 5.02 Å². The second kappa shape index (κ2) is 6.76. The van der Waals surface area contributed by atoms with Crippen molar-refractivity contribution in [1.82, 2.24) is 4.98 Å².